The van der Waals surface area contributed by atoms with Crippen LogP contribution < -0.4 is 4.90 Å². The van der Waals surface area contributed by atoms with Crippen LogP contribution in [0.5, 0.6) is 0 Å². The maximum absolute atomic E-state index is 6.17. The predicted octanol–water partition coefficient (Wildman–Crippen LogP) is 4.34. The van der Waals surface area contributed by atoms with E-state index in [1.165, 1.54) is 11.3 Å². The van der Waals surface area contributed by atoms with E-state index < -0.39 is 0 Å². The fourth-order valence-electron chi connectivity index (χ4n) is 2.72. The van der Waals surface area contributed by atoms with Gasteiger partial charge in [0.05, 0.1) is 0 Å². The molecule has 2 aromatic rings. The molecule has 0 radical (unpaired) electrons. The first-order chi connectivity index (χ1) is 9.56. The summed E-state index contributed by atoms with van der Waals surface area (Å²) in [5.41, 5.74) is 2.59. The Morgan fingerprint density at radius 1 is 1.25 bits per heavy atom. The maximum atomic E-state index is 6.17. The number of aromatic nitrogens is 2. The van der Waals surface area contributed by atoms with Crippen molar-refractivity contribution in [2.45, 2.75) is 39.2 Å². The van der Waals surface area contributed by atoms with Gasteiger partial charge >= 0.3 is 0 Å². The summed E-state index contributed by atoms with van der Waals surface area (Å²) in [6.07, 6.45) is 1.04. The highest BCUT2D eigenvalue weighted by atomic mass is 35.5. The Labute approximate surface area is 124 Å². The predicted molar refractivity (Wildman–Crippen MR) is 82.9 cm³/mol. The first-order valence-electron chi connectivity index (χ1n) is 6.98. The van der Waals surface area contributed by atoms with Crippen LogP contribution in [0.25, 0.3) is 0 Å². The smallest absolute Gasteiger partial charge is 0.138 e. The molecule has 2 heterocycles. The van der Waals surface area contributed by atoms with Gasteiger partial charge in [-0.05, 0) is 25.0 Å². The highest BCUT2D eigenvalue weighted by Crippen LogP contribution is 2.37. The lowest BCUT2D eigenvalue weighted by atomic mass is 10.1. The van der Waals surface area contributed by atoms with Gasteiger partial charge in [0.2, 0.25) is 0 Å². The van der Waals surface area contributed by atoms with Crippen LogP contribution in [0, 0.1) is 0 Å². The molecule has 1 aliphatic heterocycles. The molecule has 0 aliphatic carbocycles. The minimum atomic E-state index is 0.264. The zero-order valence-corrected chi connectivity index (χ0v) is 12.7. The number of nitrogens with zero attached hydrogens (tertiary/aromatic N) is 3. The van der Waals surface area contributed by atoms with Crippen LogP contribution in [0.3, 0.4) is 0 Å². The van der Waals surface area contributed by atoms with Gasteiger partial charge in [-0.15, -0.1) is 0 Å². The molecule has 0 saturated heterocycles. The molecule has 0 N–H and O–H groups in total. The monoisotopic (exact) mass is 287 g/mol. The Morgan fingerprint density at radius 2 is 2.00 bits per heavy atom. The number of halogens is 1. The molecule has 0 fully saturated rings. The third-order valence-electron chi connectivity index (χ3n) is 3.67. The topological polar surface area (TPSA) is 29.0 Å². The minimum absolute atomic E-state index is 0.264. The number of rotatable bonds is 2. The summed E-state index contributed by atoms with van der Waals surface area (Å²) >= 11 is 6.17. The van der Waals surface area contributed by atoms with Crippen molar-refractivity contribution in [3.8, 4) is 0 Å². The van der Waals surface area contributed by atoms with E-state index in [0.29, 0.717) is 11.2 Å². The number of hydrogen-bond acceptors (Lipinski definition) is 3. The van der Waals surface area contributed by atoms with E-state index in [2.05, 4.69) is 54.9 Å². The van der Waals surface area contributed by atoms with Crippen molar-refractivity contribution in [1.82, 2.24) is 9.97 Å². The highest BCUT2D eigenvalue weighted by molar-refractivity contribution is 6.29. The lowest BCUT2D eigenvalue weighted by molar-refractivity contribution is 0.728. The molecule has 1 unspecified atom stereocenters. The van der Waals surface area contributed by atoms with Crippen LogP contribution in [0.1, 0.15) is 38.1 Å². The second-order valence-electron chi connectivity index (χ2n) is 5.61. The molecule has 1 aliphatic rings. The van der Waals surface area contributed by atoms with E-state index >= 15 is 0 Å². The average molecular weight is 288 g/mol. The van der Waals surface area contributed by atoms with E-state index in [1.807, 2.05) is 6.07 Å². The van der Waals surface area contributed by atoms with E-state index in [-0.39, 0.29) is 5.92 Å². The lowest BCUT2D eigenvalue weighted by Crippen LogP contribution is -2.25. The van der Waals surface area contributed by atoms with Crippen LogP contribution in [0.15, 0.2) is 30.3 Å². The third kappa shape index (κ3) is 2.27. The quantitative estimate of drug-likeness (QED) is 0.770. The second-order valence-corrected chi connectivity index (χ2v) is 6.00. The Balaban J connectivity index is 2.09. The first kappa shape index (κ1) is 13.4. The molecule has 1 aromatic carbocycles. The van der Waals surface area contributed by atoms with Crippen LogP contribution in [-0.4, -0.2) is 16.0 Å². The number of fused-ring (bicyclic) bond motifs is 1. The van der Waals surface area contributed by atoms with Gasteiger partial charge in [-0.2, -0.15) is 0 Å². The van der Waals surface area contributed by atoms with Crippen molar-refractivity contribution in [3.63, 3.8) is 0 Å². The summed E-state index contributed by atoms with van der Waals surface area (Å²) in [6.45, 7) is 6.37. The Bertz CT molecular complexity index is 639. The van der Waals surface area contributed by atoms with Gasteiger partial charge in [0.25, 0.3) is 0 Å². The lowest BCUT2D eigenvalue weighted by Gasteiger charge is -2.24. The molecule has 104 valence electrons. The fraction of sp³-hybridized carbons (Fsp3) is 0.375. The van der Waals surface area contributed by atoms with E-state index in [4.69, 9.17) is 16.6 Å². The zero-order valence-electron chi connectivity index (χ0n) is 12.0. The molecule has 3 rings (SSSR count). The van der Waals surface area contributed by atoms with Crippen LogP contribution in [0.4, 0.5) is 11.5 Å². The fourth-order valence-corrected chi connectivity index (χ4v) is 2.90. The van der Waals surface area contributed by atoms with Gasteiger partial charge in [-0.1, -0.05) is 43.6 Å². The molecule has 0 saturated carbocycles. The summed E-state index contributed by atoms with van der Waals surface area (Å²) in [5.74, 6) is 1.95. The van der Waals surface area contributed by atoms with Crippen molar-refractivity contribution in [3.05, 3.63) is 46.9 Å². The van der Waals surface area contributed by atoms with Gasteiger partial charge in [0, 0.05) is 23.7 Å². The molecule has 0 bridgehead atoms. The molecular formula is C16H18ClN3. The number of benzene rings is 1. The Hall–Kier alpha value is -1.61. The van der Waals surface area contributed by atoms with Crippen LogP contribution in [-0.2, 0) is 6.42 Å². The van der Waals surface area contributed by atoms with E-state index in [0.717, 1.165) is 18.1 Å². The summed E-state index contributed by atoms with van der Waals surface area (Å²) in [6, 6.07) is 10.7. The van der Waals surface area contributed by atoms with Crippen molar-refractivity contribution < 1.29 is 0 Å². The average Bonchev–Trinajstić information content (AvgIpc) is 2.73. The van der Waals surface area contributed by atoms with Crippen LogP contribution in [0.2, 0.25) is 5.15 Å². The molecule has 3 nitrogen and oxygen atoms in total. The van der Waals surface area contributed by atoms with Gasteiger partial charge in [0.15, 0.2) is 0 Å². The SMILES string of the molecule is CC(C)c1nc(Cl)cc(N2c3ccccc3CC2C)n1. The van der Waals surface area contributed by atoms with Gasteiger partial charge in [0.1, 0.15) is 16.8 Å². The minimum Gasteiger partial charge on any atom is -0.323 e. The van der Waals surface area contributed by atoms with Gasteiger partial charge < -0.3 is 4.90 Å². The molecule has 0 spiro atoms. The second kappa shape index (κ2) is 5.06. The molecule has 0 amide bonds. The third-order valence-corrected chi connectivity index (χ3v) is 3.86. The molecular weight excluding hydrogens is 270 g/mol. The van der Waals surface area contributed by atoms with Crippen LogP contribution >= 0.6 is 11.6 Å². The van der Waals surface area contributed by atoms with Crippen molar-refractivity contribution >= 4 is 23.1 Å². The van der Waals surface area contributed by atoms with Gasteiger partial charge in [-0.3, -0.25) is 0 Å². The van der Waals surface area contributed by atoms with Gasteiger partial charge in [-0.25, -0.2) is 9.97 Å². The summed E-state index contributed by atoms with van der Waals surface area (Å²) in [5, 5.41) is 0.510. The summed E-state index contributed by atoms with van der Waals surface area (Å²) in [4.78, 5) is 11.3. The molecule has 4 heteroatoms. The van der Waals surface area contributed by atoms with Crippen molar-refractivity contribution in [2.75, 3.05) is 4.90 Å². The summed E-state index contributed by atoms with van der Waals surface area (Å²) < 4.78 is 0. The summed E-state index contributed by atoms with van der Waals surface area (Å²) in [7, 11) is 0. The number of para-hydroxylation sites is 1. The van der Waals surface area contributed by atoms with E-state index in [9.17, 15) is 0 Å². The number of anilines is 2. The molecule has 1 aromatic heterocycles. The van der Waals surface area contributed by atoms with Crippen molar-refractivity contribution in [1.29, 1.82) is 0 Å². The van der Waals surface area contributed by atoms with Crippen molar-refractivity contribution in [2.24, 2.45) is 0 Å². The highest BCUT2D eigenvalue weighted by Gasteiger charge is 2.28. The van der Waals surface area contributed by atoms with E-state index in [1.54, 1.807) is 0 Å². The molecule has 20 heavy (non-hydrogen) atoms. The largest absolute Gasteiger partial charge is 0.323 e. The zero-order chi connectivity index (χ0) is 14.3. The maximum Gasteiger partial charge on any atom is 0.138 e. The number of hydrogen-bond donors (Lipinski definition) is 0. The first-order valence-corrected chi connectivity index (χ1v) is 7.35. The Morgan fingerprint density at radius 3 is 2.75 bits per heavy atom. The standard InChI is InChI=1S/C16H18ClN3/c1-10(2)16-18-14(17)9-15(19-16)20-11(3)8-12-6-4-5-7-13(12)20/h4-7,9-11H,8H2,1-3H3. The molecule has 1 atom stereocenters. The normalized spacial score (nSPS) is 17.6. The Kier molecular flexibility index (Phi) is 3.38.